The Hall–Kier alpha value is -2.53. The lowest BCUT2D eigenvalue weighted by atomic mass is 10.1. The molecule has 0 aliphatic carbocycles. The molecule has 1 heterocycles. The van der Waals surface area contributed by atoms with E-state index in [1.54, 1.807) is 24.1 Å². The Kier molecular flexibility index (Phi) is 5.24. The first-order valence-corrected chi connectivity index (χ1v) is 8.42. The molecule has 1 atom stereocenters. The molecule has 1 aliphatic heterocycles. The molecule has 2 amide bonds. The topological polar surface area (TPSA) is 58.6 Å². The van der Waals surface area contributed by atoms with Crippen LogP contribution in [0.4, 0.5) is 5.69 Å². The van der Waals surface area contributed by atoms with Crippen molar-refractivity contribution in [3.05, 3.63) is 59.1 Å². The van der Waals surface area contributed by atoms with Crippen molar-refractivity contribution in [2.45, 2.75) is 13.0 Å². The van der Waals surface area contributed by atoms with Crippen LogP contribution < -0.4 is 15.0 Å². The van der Waals surface area contributed by atoms with Crippen LogP contribution in [0.1, 0.15) is 12.0 Å². The normalized spacial score (nSPS) is 16.8. The molecule has 1 unspecified atom stereocenters. The third-order valence-electron chi connectivity index (χ3n) is 4.23. The number of amides is 2. The first-order valence-electron chi connectivity index (χ1n) is 8.04. The SMILES string of the molecule is COc1ccccc1N1CC(C(=O)NCc2cccc(Cl)c2)CC1=O. The second-order valence-electron chi connectivity index (χ2n) is 5.92. The minimum absolute atomic E-state index is 0.0765. The number of halogens is 1. The molecule has 6 heteroatoms. The van der Waals surface area contributed by atoms with Gasteiger partial charge in [-0.05, 0) is 29.8 Å². The Balaban J connectivity index is 1.64. The molecule has 2 aromatic rings. The van der Waals surface area contributed by atoms with Gasteiger partial charge in [0.2, 0.25) is 11.8 Å². The number of methoxy groups -OCH3 is 1. The van der Waals surface area contributed by atoms with E-state index < -0.39 is 0 Å². The number of para-hydroxylation sites is 2. The lowest BCUT2D eigenvalue weighted by Crippen LogP contribution is -2.32. The molecule has 2 aromatic carbocycles. The molecule has 3 rings (SSSR count). The van der Waals surface area contributed by atoms with Crippen LogP contribution in [-0.4, -0.2) is 25.5 Å². The van der Waals surface area contributed by atoms with E-state index in [1.165, 1.54) is 0 Å². The molecule has 1 aliphatic rings. The zero-order valence-corrected chi connectivity index (χ0v) is 14.6. The van der Waals surface area contributed by atoms with E-state index in [2.05, 4.69) is 5.32 Å². The summed E-state index contributed by atoms with van der Waals surface area (Å²) in [5.74, 6) is 0.0329. The number of hydrogen-bond acceptors (Lipinski definition) is 3. The van der Waals surface area contributed by atoms with Gasteiger partial charge >= 0.3 is 0 Å². The molecule has 130 valence electrons. The zero-order chi connectivity index (χ0) is 17.8. The Labute approximate surface area is 151 Å². The van der Waals surface area contributed by atoms with Crippen LogP contribution >= 0.6 is 11.6 Å². The van der Waals surface area contributed by atoms with E-state index in [-0.39, 0.29) is 24.2 Å². The minimum Gasteiger partial charge on any atom is -0.495 e. The summed E-state index contributed by atoms with van der Waals surface area (Å²) < 4.78 is 5.31. The molecule has 1 N–H and O–H groups in total. The van der Waals surface area contributed by atoms with Crippen molar-refractivity contribution >= 4 is 29.1 Å². The van der Waals surface area contributed by atoms with Gasteiger partial charge < -0.3 is 15.0 Å². The van der Waals surface area contributed by atoms with Gasteiger partial charge in [0, 0.05) is 24.5 Å². The van der Waals surface area contributed by atoms with Crippen LogP contribution in [-0.2, 0) is 16.1 Å². The summed E-state index contributed by atoms with van der Waals surface area (Å²) in [4.78, 5) is 26.4. The van der Waals surface area contributed by atoms with Crippen LogP contribution in [0.5, 0.6) is 5.75 Å². The number of carbonyl (C=O) groups excluding carboxylic acids is 2. The maximum Gasteiger partial charge on any atom is 0.227 e. The summed E-state index contributed by atoms with van der Waals surface area (Å²) in [6.45, 7) is 0.735. The minimum atomic E-state index is -0.378. The largest absolute Gasteiger partial charge is 0.495 e. The summed E-state index contributed by atoms with van der Waals surface area (Å²) in [5, 5.41) is 3.51. The molecular formula is C19H19ClN2O3. The van der Waals surface area contributed by atoms with Crippen LogP contribution in [0.25, 0.3) is 0 Å². The molecule has 0 saturated carbocycles. The van der Waals surface area contributed by atoms with Gasteiger partial charge in [-0.3, -0.25) is 9.59 Å². The molecule has 0 radical (unpaired) electrons. The first-order chi connectivity index (χ1) is 12.1. The van der Waals surface area contributed by atoms with Crippen molar-refractivity contribution in [1.29, 1.82) is 0 Å². The summed E-state index contributed by atoms with van der Waals surface area (Å²) in [5.41, 5.74) is 1.62. The molecule has 1 saturated heterocycles. The maximum absolute atomic E-state index is 12.4. The summed E-state index contributed by atoms with van der Waals surface area (Å²) in [6, 6.07) is 14.6. The molecule has 0 spiro atoms. The number of ether oxygens (including phenoxy) is 1. The van der Waals surface area contributed by atoms with Gasteiger partial charge in [0.25, 0.3) is 0 Å². The number of benzene rings is 2. The third-order valence-corrected chi connectivity index (χ3v) is 4.46. The van der Waals surface area contributed by atoms with Crippen molar-refractivity contribution in [3.8, 4) is 5.75 Å². The average molecular weight is 359 g/mol. The van der Waals surface area contributed by atoms with E-state index in [4.69, 9.17) is 16.3 Å². The van der Waals surface area contributed by atoms with E-state index >= 15 is 0 Å². The van der Waals surface area contributed by atoms with Crippen LogP contribution in [0.2, 0.25) is 5.02 Å². The molecule has 0 bridgehead atoms. The molecule has 1 fully saturated rings. The Morgan fingerprint density at radius 3 is 2.84 bits per heavy atom. The zero-order valence-electron chi connectivity index (χ0n) is 13.9. The van der Waals surface area contributed by atoms with Crippen LogP contribution in [0.15, 0.2) is 48.5 Å². The van der Waals surface area contributed by atoms with Gasteiger partial charge in [0.1, 0.15) is 5.75 Å². The van der Waals surface area contributed by atoms with Crippen molar-refractivity contribution in [3.63, 3.8) is 0 Å². The Morgan fingerprint density at radius 1 is 1.28 bits per heavy atom. The Bertz CT molecular complexity index is 794. The lowest BCUT2D eigenvalue weighted by Gasteiger charge is -2.19. The third kappa shape index (κ3) is 3.94. The fraction of sp³-hybridized carbons (Fsp3) is 0.263. The predicted molar refractivity (Wildman–Crippen MR) is 96.8 cm³/mol. The predicted octanol–water partition coefficient (Wildman–Crippen LogP) is 3.02. The number of nitrogens with one attached hydrogen (secondary N) is 1. The van der Waals surface area contributed by atoms with Crippen molar-refractivity contribution in [1.82, 2.24) is 5.32 Å². The number of carbonyl (C=O) groups is 2. The van der Waals surface area contributed by atoms with Crippen LogP contribution in [0.3, 0.4) is 0 Å². The van der Waals surface area contributed by atoms with Crippen molar-refractivity contribution < 1.29 is 14.3 Å². The van der Waals surface area contributed by atoms with Gasteiger partial charge in [-0.25, -0.2) is 0 Å². The second kappa shape index (κ2) is 7.57. The lowest BCUT2D eigenvalue weighted by molar-refractivity contribution is -0.126. The number of nitrogens with zero attached hydrogens (tertiary/aromatic N) is 1. The maximum atomic E-state index is 12.4. The first kappa shape index (κ1) is 17.3. The summed E-state index contributed by atoms with van der Waals surface area (Å²) in [6.07, 6.45) is 0.194. The van der Waals surface area contributed by atoms with Gasteiger partial charge in [0.05, 0.1) is 18.7 Å². The highest BCUT2D eigenvalue weighted by Gasteiger charge is 2.36. The van der Waals surface area contributed by atoms with E-state index in [1.807, 2.05) is 36.4 Å². The van der Waals surface area contributed by atoms with E-state index in [0.29, 0.717) is 29.5 Å². The number of hydrogen-bond donors (Lipinski definition) is 1. The summed E-state index contributed by atoms with van der Waals surface area (Å²) >= 11 is 5.95. The highest BCUT2D eigenvalue weighted by molar-refractivity contribution is 6.30. The monoisotopic (exact) mass is 358 g/mol. The highest BCUT2D eigenvalue weighted by atomic mass is 35.5. The smallest absolute Gasteiger partial charge is 0.227 e. The quantitative estimate of drug-likeness (QED) is 0.893. The fourth-order valence-corrected chi connectivity index (χ4v) is 3.16. The van der Waals surface area contributed by atoms with Gasteiger partial charge in [-0.15, -0.1) is 0 Å². The van der Waals surface area contributed by atoms with Gasteiger partial charge in [-0.1, -0.05) is 35.9 Å². The Morgan fingerprint density at radius 2 is 2.08 bits per heavy atom. The van der Waals surface area contributed by atoms with E-state index in [0.717, 1.165) is 5.56 Å². The molecule has 5 nitrogen and oxygen atoms in total. The van der Waals surface area contributed by atoms with E-state index in [9.17, 15) is 9.59 Å². The fourth-order valence-electron chi connectivity index (χ4n) is 2.95. The number of rotatable bonds is 5. The second-order valence-corrected chi connectivity index (χ2v) is 6.36. The van der Waals surface area contributed by atoms with Gasteiger partial charge in [-0.2, -0.15) is 0 Å². The number of anilines is 1. The molecule has 0 aromatic heterocycles. The summed E-state index contributed by atoms with van der Waals surface area (Å²) in [7, 11) is 1.56. The van der Waals surface area contributed by atoms with Crippen LogP contribution in [0, 0.1) is 5.92 Å². The highest BCUT2D eigenvalue weighted by Crippen LogP contribution is 2.32. The standard InChI is InChI=1S/C19H19ClN2O3/c1-25-17-8-3-2-7-16(17)22-12-14(10-18(22)23)19(24)21-11-13-5-4-6-15(20)9-13/h2-9,14H,10-12H2,1H3,(H,21,24). The van der Waals surface area contributed by atoms with Crippen molar-refractivity contribution in [2.75, 3.05) is 18.6 Å². The molecule has 25 heavy (non-hydrogen) atoms. The molecular weight excluding hydrogens is 340 g/mol. The average Bonchev–Trinajstić information content (AvgIpc) is 3.01. The van der Waals surface area contributed by atoms with Crippen molar-refractivity contribution in [2.24, 2.45) is 5.92 Å². The van der Waals surface area contributed by atoms with Gasteiger partial charge in [0.15, 0.2) is 0 Å².